The Labute approximate surface area is 108 Å². The molecule has 1 atom stereocenters. The van der Waals surface area contributed by atoms with Crippen LogP contribution < -0.4 is 10.5 Å². The maximum atomic E-state index is 13.5. The number of halogens is 2. The predicted molar refractivity (Wildman–Crippen MR) is 67.9 cm³/mol. The summed E-state index contributed by atoms with van der Waals surface area (Å²) in [5, 5.41) is 1.87. The van der Waals surface area contributed by atoms with Crippen molar-refractivity contribution in [1.29, 1.82) is 0 Å². The van der Waals surface area contributed by atoms with Crippen molar-refractivity contribution in [3.63, 3.8) is 0 Å². The van der Waals surface area contributed by atoms with E-state index in [1.807, 2.05) is 11.4 Å². The summed E-state index contributed by atoms with van der Waals surface area (Å²) in [6.45, 7) is 0. The summed E-state index contributed by atoms with van der Waals surface area (Å²) in [5.41, 5.74) is 6.43. The van der Waals surface area contributed by atoms with Gasteiger partial charge in [0.15, 0.2) is 0 Å². The quantitative estimate of drug-likeness (QED) is 0.924. The molecule has 1 unspecified atom stereocenters. The maximum absolute atomic E-state index is 13.5. The first-order chi connectivity index (χ1) is 8.61. The number of thiophene rings is 1. The fraction of sp³-hybridized carbons (Fsp3) is 0.231. The van der Waals surface area contributed by atoms with Crippen LogP contribution in [0, 0.1) is 11.6 Å². The van der Waals surface area contributed by atoms with Crippen LogP contribution in [-0.4, -0.2) is 7.11 Å². The first-order valence-electron chi connectivity index (χ1n) is 5.42. The second-order valence-electron chi connectivity index (χ2n) is 3.90. The molecule has 0 fully saturated rings. The lowest BCUT2D eigenvalue weighted by atomic mass is 10.0. The summed E-state index contributed by atoms with van der Waals surface area (Å²) in [7, 11) is 1.57. The van der Waals surface area contributed by atoms with E-state index in [1.54, 1.807) is 7.11 Å². The Bertz CT molecular complexity index is 542. The number of nitrogens with two attached hydrogens (primary N) is 1. The van der Waals surface area contributed by atoms with Crippen LogP contribution >= 0.6 is 11.3 Å². The zero-order chi connectivity index (χ0) is 13.1. The van der Waals surface area contributed by atoms with E-state index in [0.29, 0.717) is 17.7 Å². The van der Waals surface area contributed by atoms with Crippen LogP contribution in [0.3, 0.4) is 0 Å². The smallest absolute Gasteiger partial charge is 0.134 e. The minimum absolute atomic E-state index is 0.309. The summed E-state index contributed by atoms with van der Waals surface area (Å²) < 4.78 is 31.5. The van der Waals surface area contributed by atoms with Crippen LogP contribution in [0.1, 0.15) is 16.5 Å². The van der Waals surface area contributed by atoms with Gasteiger partial charge in [0.1, 0.15) is 17.4 Å². The molecular formula is C13H13F2NOS. The monoisotopic (exact) mass is 269 g/mol. The molecule has 0 amide bonds. The minimum atomic E-state index is -0.585. The molecule has 0 spiro atoms. The zero-order valence-corrected chi connectivity index (χ0v) is 10.6. The van der Waals surface area contributed by atoms with Gasteiger partial charge < -0.3 is 10.5 Å². The first kappa shape index (κ1) is 13.0. The van der Waals surface area contributed by atoms with E-state index in [1.165, 1.54) is 23.5 Å². The second kappa shape index (κ2) is 5.46. The lowest BCUT2D eigenvalue weighted by Crippen LogP contribution is -2.13. The first-order valence-corrected chi connectivity index (χ1v) is 6.30. The van der Waals surface area contributed by atoms with Gasteiger partial charge in [-0.3, -0.25) is 0 Å². The number of benzene rings is 1. The van der Waals surface area contributed by atoms with Crippen molar-refractivity contribution < 1.29 is 13.5 Å². The molecular weight excluding hydrogens is 256 g/mol. The second-order valence-corrected chi connectivity index (χ2v) is 4.85. The molecule has 0 aliphatic carbocycles. The maximum Gasteiger partial charge on any atom is 0.134 e. The molecule has 0 saturated heterocycles. The summed E-state index contributed by atoms with van der Waals surface area (Å²) in [5.74, 6) is -0.450. The summed E-state index contributed by atoms with van der Waals surface area (Å²) in [6.07, 6.45) is 0.309. The van der Waals surface area contributed by atoms with Gasteiger partial charge in [0.25, 0.3) is 0 Å². The lowest BCUT2D eigenvalue weighted by molar-refractivity contribution is 0.408. The fourth-order valence-corrected chi connectivity index (χ4v) is 2.63. The largest absolute Gasteiger partial charge is 0.496 e. The molecule has 0 aliphatic rings. The number of ether oxygens (including phenoxy) is 1. The van der Waals surface area contributed by atoms with E-state index in [-0.39, 0.29) is 6.04 Å². The molecule has 5 heteroatoms. The average molecular weight is 269 g/mol. The van der Waals surface area contributed by atoms with Crippen molar-refractivity contribution in [1.82, 2.24) is 0 Å². The Kier molecular flexibility index (Phi) is 3.93. The molecule has 1 heterocycles. The van der Waals surface area contributed by atoms with Gasteiger partial charge >= 0.3 is 0 Å². The molecule has 1 aromatic heterocycles. The Morgan fingerprint density at radius 1 is 1.33 bits per heavy atom. The molecule has 2 rings (SSSR count). The third kappa shape index (κ3) is 2.68. The van der Waals surface area contributed by atoms with E-state index in [0.717, 1.165) is 10.9 Å². The highest BCUT2D eigenvalue weighted by Crippen LogP contribution is 2.31. The Morgan fingerprint density at radius 2 is 2.11 bits per heavy atom. The summed E-state index contributed by atoms with van der Waals surface area (Å²) in [4.78, 5) is 0.862. The summed E-state index contributed by atoms with van der Waals surface area (Å²) in [6, 6.07) is 4.98. The van der Waals surface area contributed by atoms with Gasteiger partial charge in [0.05, 0.1) is 12.0 Å². The van der Waals surface area contributed by atoms with Gasteiger partial charge in [-0.2, -0.15) is 0 Å². The van der Waals surface area contributed by atoms with E-state index >= 15 is 0 Å². The number of methoxy groups -OCH3 is 1. The average Bonchev–Trinajstić information content (AvgIpc) is 2.81. The molecule has 0 aliphatic heterocycles. The molecule has 2 aromatic rings. The molecule has 0 saturated carbocycles. The standard InChI is InChI=1S/C13H13F2NOS/c1-17-12-4-5-18-13(12)11(16)6-8-2-3-9(14)7-10(8)15/h2-5,7,11H,6,16H2,1H3. The van der Waals surface area contributed by atoms with Crippen LogP contribution in [0.2, 0.25) is 0 Å². The summed E-state index contributed by atoms with van der Waals surface area (Å²) >= 11 is 1.46. The Balaban J connectivity index is 2.18. The van der Waals surface area contributed by atoms with E-state index in [2.05, 4.69) is 0 Å². The highest BCUT2D eigenvalue weighted by atomic mass is 32.1. The molecule has 1 aromatic carbocycles. The topological polar surface area (TPSA) is 35.2 Å². The highest BCUT2D eigenvalue weighted by molar-refractivity contribution is 7.10. The number of hydrogen-bond acceptors (Lipinski definition) is 3. The minimum Gasteiger partial charge on any atom is -0.496 e. The van der Waals surface area contributed by atoms with Crippen molar-refractivity contribution in [2.75, 3.05) is 7.11 Å². The van der Waals surface area contributed by atoms with E-state index < -0.39 is 11.6 Å². The Hall–Kier alpha value is -1.46. The van der Waals surface area contributed by atoms with Crippen LogP contribution in [-0.2, 0) is 6.42 Å². The third-order valence-corrected chi connectivity index (χ3v) is 3.70. The molecule has 18 heavy (non-hydrogen) atoms. The van der Waals surface area contributed by atoms with Crippen molar-refractivity contribution in [3.05, 3.63) is 51.7 Å². The van der Waals surface area contributed by atoms with Gasteiger partial charge in [-0.05, 0) is 29.5 Å². The molecule has 2 nitrogen and oxygen atoms in total. The highest BCUT2D eigenvalue weighted by Gasteiger charge is 2.16. The normalized spacial score (nSPS) is 12.4. The van der Waals surface area contributed by atoms with Crippen molar-refractivity contribution in [2.45, 2.75) is 12.5 Å². The van der Waals surface area contributed by atoms with E-state index in [4.69, 9.17) is 10.5 Å². The van der Waals surface area contributed by atoms with Crippen LogP contribution in [0.15, 0.2) is 29.6 Å². The van der Waals surface area contributed by atoms with Crippen molar-refractivity contribution in [2.24, 2.45) is 5.73 Å². The number of rotatable bonds is 4. The zero-order valence-electron chi connectivity index (χ0n) is 9.82. The van der Waals surface area contributed by atoms with Gasteiger partial charge in [-0.15, -0.1) is 11.3 Å². The van der Waals surface area contributed by atoms with E-state index in [9.17, 15) is 8.78 Å². The van der Waals surface area contributed by atoms with Crippen molar-refractivity contribution in [3.8, 4) is 5.75 Å². The molecule has 0 radical (unpaired) electrons. The SMILES string of the molecule is COc1ccsc1C(N)Cc1ccc(F)cc1F. The molecule has 2 N–H and O–H groups in total. The number of hydrogen-bond donors (Lipinski definition) is 1. The molecule has 96 valence electrons. The fourth-order valence-electron chi connectivity index (χ4n) is 1.76. The van der Waals surface area contributed by atoms with Gasteiger partial charge in [-0.25, -0.2) is 8.78 Å². The lowest BCUT2D eigenvalue weighted by Gasteiger charge is -2.12. The third-order valence-electron chi connectivity index (χ3n) is 2.67. The van der Waals surface area contributed by atoms with Crippen LogP contribution in [0.4, 0.5) is 8.78 Å². The van der Waals surface area contributed by atoms with Gasteiger partial charge in [-0.1, -0.05) is 6.07 Å². The Morgan fingerprint density at radius 3 is 2.78 bits per heavy atom. The molecule has 0 bridgehead atoms. The van der Waals surface area contributed by atoms with Gasteiger partial charge in [0.2, 0.25) is 0 Å². The van der Waals surface area contributed by atoms with Crippen LogP contribution in [0.25, 0.3) is 0 Å². The van der Waals surface area contributed by atoms with Crippen LogP contribution in [0.5, 0.6) is 5.75 Å². The predicted octanol–water partition coefficient (Wildman–Crippen LogP) is 3.28. The van der Waals surface area contributed by atoms with Gasteiger partial charge in [0, 0.05) is 12.1 Å². The van der Waals surface area contributed by atoms with Crippen molar-refractivity contribution >= 4 is 11.3 Å².